The highest BCUT2D eigenvalue weighted by Gasteiger charge is 2.07. The van der Waals surface area contributed by atoms with E-state index in [0.29, 0.717) is 13.1 Å². The molecule has 0 aliphatic heterocycles. The van der Waals surface area contributed by atoms with Gasteiger partial charge in [0.25, 0.3) is 0 Å². The molecular weight excluding hydrogens is 340 g/mol. The fourth-order valence-electron chi connectivity index (χ4n) is 2.69. The minimum Gasteiger partial charge on any atom is -0.489 e. The first-order valence-corrected chi connectivity index (χ1v) is 9.20. The number of aliphatic imine (C=N–C) groups is 1. The highest BCUT2D eigenvalue weighted by Crippen LogP contribution is 2.13. The fourth-order valence-corrected chi connectivity index (χ4v) is 2.69. The average molecular weight is 366 g/mol. The fraction of sp³-hybridized carbons (Fsp3) is 0.350. The van der Waals surface area contributed by atoms with Gasteiger partial charge in [-0.1, -0.05) is 18.2 Å². The predicted molar refractivity (Wildman–Crippen MR) is 107 cm³/mol. The van der Waals surface area contributed by atoms with Crippen molar-refractivity contribution >= 4 is 11.6 Å². The van der Waals surface area contributed by atoms with Crippen molar-refractivity contribution in [2.24, 2.45) is 4.99 Å². The number of aryl methyl sites for hydroxylation is 1. The molecule has 0 fully saturated rings. The average Bonchev–Trinajstić information content (AvgIpc) is 3.07. The first-order chi connectivity index (χ1) is 13.2. The van der Waals surface area contributed by atoms with Gasteiger partial charge in [0.2, 0.25) is 0 Å². The lowest BCUT2D eigenvalue weighted by atomic mass is 10.2. The number of aromatic nitrogens is 3. The maximum atomic E-state index is 5.96. The normalized spacial score (nSPS) is 12.8. The van der Waals surface area contributed by atoms with Crippen molar-refractivity contribution in [2.45, 2.75) is 33.4 Å². The molecule has 7 nitrogen and oxygen atoms in total. The van der Waals surface area contributed by atoms with Gasteiger partial charge >= 0.3 is 0 Å². The molecule has 0 amide bonds. The Bertz CT molecular complexity index is 904. The number of ether oxygens (including phenoxy) is 1. The molecule has 0 spiro atoms. The van der Waals surface area contributed by atoms with Crippen LogP contribution in [0.1, 0.15) is 25.2 Å². The van der Waals surface area contributed by atoms with Crippen LogP contribution in [0.3, 0.4) is 0 Å². The third kappa shape index (κ3) is 5.20. The van der Waals surface area contributed by atoms with E-state index in [-0.39, 0.29) is 6.10 Å². The zero-order valence-electron chi connectivity index (χ0n) is 16.0. The third-order valence-corrected chi connectivity index (χ3v) is 3.99. The van der Waals surface area contributed by atoms with E-state index in [1.165, 1.54) is 5.56 Å². The molecule has 0 aliphatic rings. The monoisotopic (exact) mass is 366 g/mol. The maximum Gasteiger partial charge on any atom is 0.191 e. The van der Waals surface area contributed by atoms with Crippen LogP contribution in [0.5, 0.6) is 5.75 Å². The van der Waals surface area contributed by atoms with Crippen molar-refractivity contribution in [2.75, 3.05) is 13.1 Å². The second kappa shape index (κ2) is 9.02. The number of pyridine rings is 1. The Labute approximate surface area is 159 Å². The summed E-state index contributed by atoms with van der Waals surface area (Å²) in [6, 6.07) is 13.9. The Morgan fingerprint density at radius 2 is 2.07 bits per heavy atom. The molecule has 0 radical (unpaired) electrons. The van der Waals surface area contributed by atoms with E-state index in [0.717, 1.165) is 29.7 Å². The van der Waals surface area contributed by atoms with E-state index in [1.54, 1.807) is 0 Å². The highest BCUT2D eigenvalue weighted by atomic mass is 16.5. The lowest BCUT2D eigenvalue weighted by Gasteiger charge is -2.18. The molecule has 1 aromatic carbocycles. The summed E-state index contributed by atoms with van der Waals surface area (Å²) in [5, 5.41) is 14.9. The Kier molecular flexibility index (Phi) is 6.25. The summed E-state index contributed by atoms with van der Waals surface area (Å²) in [4.78, 5) is 4.61. The standard InChI is InChI=1S/C20H26N6O/c1-4-21-20(22-13-16(3)27-17-9-7-8-15(2)12-17)23-14-19-25-24-18-10-5-6-11-26(18)19/h5-12,16H,4,13-14H2,1-3H3,(H2,21,22,23). The van der Waals surface area contributed by atoms with Gasteiger partial charge in [-0.15, -0.1) is 10.2 Å². The van der Waals surface area contributed by atoms with E-state index in [9.17, 15) is 0 Å². The minimum absolute atomic E-state index is 0.00424. The van der Waals surface area contributed by atoms with Gasteiger partial charge in [-0.3, -0.25) is 4.40 Å². The lowest BCUT2D eigenvalue weighted by molar-refractivity contribution is 0.223. The number of benzene rings is 1. The quantitative estimate of drug-likeness (QED) is 0.496. The number of fused-ring (bicyclic) bond motifs is 1. The second-order valence-electron chi connectivity index (χ2n) is 6.37. The summed E-state index contributed by atoms with van der Waals surface area (Å²) in [7, 11) is 0. The van der Waals surface area contributed by atoms with Crippen LogP contribution >= 0.6 is 0 Å². The SMILES string of the molecule is CCNC(=NCc1nnc2ccccn12)NCC(C)Oc1cccc(C)c1. The van der Waals surface area contributed by atoms with E-state index in [1.807, 2.05) is 60.8 Å². The zero-order chi connectivity index (χ0) is 19.1. The van der Waals surface area contributed by atoms with Crippen LogP contribution in [-0.4, -0.2) is 39.8 Å². The number of nitrogens with zero attached hydrogens (tertiary/aromatic N) is 4. The first kappa shape index (κ1) is 18.7. The molecule has 1 atom stereocenters. The molecule has 142 valence electrons. The van der Waals surface area contributed by atoms with Gasteiger partial charge in [0.05, 0.1) is 6.54 Å². The summed E-state index contributed by atoms with van der Waals surface area (Å²) in [5.74, 6) is 2.40. The highest BCUT2D eigenvalue weighted by molar-refractivity contribution is 5.79. The number of rotatable bonds is 7. The number of guanidine groups is 1. The van der Waals surface area contributed by atoms with E-state index >= 15 is 0 Å². The van der Waals surface area contributed by atoms with Gasteiger partial charge in [-0.05, 0) is 50.6 Å². The van der Waals surface area contributed by atoms with Crippen LogP contribution in [0.4, 0.5) is 0 Å². The Balaban J connectivity index is 1.58. The summed E-state index contributed by atoms with van der Waals surface area (Å²) < 4.78 is 7.90. The summed E-state index contributed by atoms with van der Waals surface area (Å²) >= 11 is 0. The molecule has 27 heavy (non-hydrogen) atoms. The molecular formula is C20H26N6O. The second-order valence-corrected chi connectivity index (χ2v) is 6.37. The van der Waals surface area contributed by atoms with Crippen LogP contribution < -0.4 is 15.4 Å². The summed E-state index contributed by atoms with van der Waals surface area (Å²) in [5.41, 5.74) is 2.00. The summed E-state index contributed by atoms with van der Waals surface area (Å²) in [6.07, 6.45) is 1.95. The summed E-state index contributed by atoms with van der Waals surface area (Å²) in [6.45, 7) is 7.98. The molecule has 0 bridgehead atoms. The van der Waals surface area contributed by atoms with Crippen molar-refractivity contribution in [3.05, 3.63) is 60.0 Å². The predicted octanol–water partition coefficient (Wildman–Crippen LogP) is 2.56. The van der Waals surface area contributed by atoms with Gasteiger partial charge in [0.1, 0.15) is 18.4 Å². The molecule has 7 heteroatoms. The molecule has 3 aromatic rings. The van der Waals surface area contributed by atoms with Crippen LogP contribution in [-0.2, 0) is 6.54 Å². The smallest absolute Gasteiger partial charge is 0.191 e. The van der Waals surface area contributed by atoms with Crippen LogP contribution in [0.15, 0.2) is 53.7 Å². The maximum absolute atomic E-state index is 5.96. The van der Waals surface area contributed by atoms with Gasteiger partial charge in [0.15, 0.2) is 17.4 Å². The molecule has 3 rings (SSSR count). The van der Waals surface area contributed by atoms with Gasteiger partial charge in [-0.25, -0.2) is 4.99 Å². The third-order valence-electron chi connectivity index (χ3n) is 3.99. The van der Waals surface area contributed by atoms with Gasteiger partial charge in [0, 0.05) is 12.7 Å². The molecule has 0 saturated heterocycles. The van der Waals surface area contributed by atoms with Gasteiger partial charge in [-0.2, -0.15) is 0 Å². The van der Waals surface area contributed by atoms with Crippen LogP contribution in [0, 0.1) is 6.92 Å². The van der Waals surface area contributed by atoms with Crippen molar-refractivity contribution in [3.63, 3.8) is 0 Å². The molecule has 2 aromatic heterocycles. The van der Waals surface area contributed by atoms with Crippen molar-refractivity contribution in [1.29, 1.82) is 0 Å². The molecule has 0 aliphatic carbocycles. The Morgan fingerprint density at radius 1 is 1.19 bits per heavy atom. The van der Waals surface area contributed by atoms with E-state index < -0.39 is 0 Å². The Hall–Kier alpha value is -3.09. The molecule has 1 unspecified atom stereocenters. The van der Waals surface area contributed by atoms with E-state index in [4.69, 9.17) is 4.74 Å². The largest absolute Gasteiger partial charge is 0.489 e. The Morgan fingerprint density at radius 3 is 2.89 bits per heavy atom. The number of hydrogen-bond donors (Lipinski definition) is 2. The lowest BCUT2D eigenvalue weighted by Crippen LogP contribution is -2.41. The number of nitrogens with one attached hydrogen (secondary N) is 2. The minimum atomic E-state index is 0.00424. The molecule has 2 N–H and O–H groups in total. The molecule has 0 saturated carbocycles. The van der Waals surface area contributed by atoms with Crippen LogP contribution in [0.25, 0.3) is 5.65 Å². The van der Waals surface area contributed by atoms with Gasteiger partial charge < -0.3 is 15.4 Å². The van der Waals surface area contributed by atoms with Crippen molar-refractivity contribution < 1.29 is 4.74 Å². The first-order valence-electron chi connectivity index (χ1n) is 9.20. The zero-order valence-corrected chi connectivity index (χ0v) is 16.0. The topological polar surface area (TPSA) is 75.8 Å². The van der Waals surface area contributed by atoms with Crippen LogP contribution in [0.2, 0.25) is 0 Å². The van der Waals surface area contributed by atoms with Crippen molar-refractivity contribution in [3.8, 4) is 5.75 Å². The van der Waals surface area contributed by atoms with E-state index in [2.05, 4.69) is 38.8 Å². The molecule has 2 heterocycles. The van der Waals surface area contributed by atoms with Crippen molar-refractivity contribution in [1.82, 2.24) is 25.2 Å². The number of hydrogen-bond acceptors (Lipinski definition) is 4.